The molecule has 2 aromatic heterocycles. The first kappa shape index (κ1) is 11.5. The van der Waals surface area contributed by atoms with Gasteiger partial charge in [-0.15, -0.1) is 11.3 Å². The number of nitrogens with zero attached hydrogens (tertiary/aromatic N) is 2. The summed E-state index contributed by atoms with van der Waals surface area (Å²) in [5, 5.41) is 11.0. The normalized spacial score (nSPS) is 11.4. The largest absolute Gasteiger partial charge is 0.395 e. The lowest BCUT2D eigenvalue weighted by Gasteiger charge is -2.18. The quantitative estimate of drug-likeness (QED) is 0.863. The number of likely N-dealkylation sites (N-methyl/N-ethyl adjacent to an activating group) is 1. The lowest BCUT2D eigenvalue weighted by molar-refractivity contribution is 0.197. The van der Waals surface area contributed by atoms with Crippen LogP contribution in [0.1, 0.15) is 12.5 Å². The molecule has 0 unspecified atom stereocenters. The fraction of sp³-hybridized carbons (Fsp3) is 0.417. The minimum absolute atomic E-state index is 0.211. The van der Waals surface area contributed by atoms with Gasteiger partial charge in [-0.1, -0.05) is 6.92 Å². The highest BCUT2D eigenvalue weighted by molar-refractivity contribution is 7.17. The molecule has 0 atom stereocenters. The summed E-state index contributed by atoms with van der Waals surface area (Å²) in [6.07, 6.45) is 1.93. The van der Waals surface area contributed by atoms with Crippen LogP contribution in [-0.2, 0) is 6.54 Å². The molecular formula is C12H16N2OS. The average molecular weight is 236 g/mol. The van der Waals surface area contributed by atoms with E-state index in [9.17, 15) is 0 Å². The van der Waals surface area contributed by atoms with Crippen molar-refractivity contribution in [2.24, 2.45) is 0 Å². The van der Waals surface area contributed by atoms with Gasteiger partial charge in [-0.2, -0.15) is 0 Å². The summed E-state index contributed by atoms with van der Waals surface area (Å²) in [4.78, 5) is 6.61. The van der Waals surface area contributed by atoms with E-state index in [1.165, 1.54) is 10.3 Å². The van der Waals surface area contributed by atoms with Crippen LogP contribution in [-0.4, -0.2) is 34.7 Å². The van der Waals surface area contributed by atoms with E-state index in [1.54, 1.807) is 11.3 Å². The summed E-state index contributed by atoms with van der Waals surface area (Å²) in [6, 6.07) is 4.22. The number of aliphatic hydroxyl groups excluding tert-OH is 1. The Morgan fingerprint density at radius 3 is 3.12 bits per heavy atom. The van der Waals surface area contributed by atoms with Crippen LogP contribution in [0.15, 0.2) is 23.7 Å². The summed E-state index contributed by atoms with van der Waals surface area (Å²) in [6.45, 7) is 4.84. The molecule has 0 aromatic carbocycles. The second-order valence-corrected chi connectivity index (χ2v) is 4.69. The molecule has 16 heavy (non-hydrogen) atoms. The van der Waals surface area contributed by atoms with Gasteiger partial charge in [-0.05, 0) is 29.6 Å². The van der Waals surface area contributed by atoms with Crippen molar-refractivity contribution in [3.63, 3.8) is 0 Å². The van der Waals surface area contributed by atoms with Crippen LogP contribution in [0.25, 0.3) is 10.2 Å². The van der Waals surface area contributed by atoms with Gasteiger partial charge in [-0.25, -0.2) is 0 Å². The summed E-state index contributed by atoms with van der Waals surface area (Å²) < 4.78 is 1.23. The van der Waals surface area contributed by atoms with Crippen molar-refractivity contribution in [2.75, 3.05) is 19.7 Å². The molecule has 0 radical (unpaired) electrons. The minimum Gasteiger partial charge on any atom is -0.395 e. The highest BCUT2D eigenvalue weighted by atomic mass is 32.1. The van der Waals surface area contributed by atoms with Crippen molar-refractivity contribution in [2.45, 2.75) is 13.5 Å². The maximum absolute atomic E-state index is 8.93. The van der Waals surface area contributed by atoms with Crippen LogP contribution in [0.3, 0.4) is 0 Å². The number of hydrogen-bond acceptors (Lipinski definition) is 4. The predicted octanol–water partition coefficient (Wildman–Crippen LogP) is 2.11. The Labute approximate surface area is 99.4 Å². The van der Waals surface area contributed by atoms with Crippen molar-refractivity contribution >= 4 is 21.6 Å². The standard InChI is InChI=1S/C12H16N2OS/c1-2-14(4-5-15)9-10-7-12-11(13-8-10)3-6-16-12/h3,6-8,15H,2,4-5,9H2,1H3. The molecule has 86 valence electrons. The van der Waals surface area contributed by atoms with Crippen molar-refractivity contribution in [1.82, 2.24) is 9.88 Å². The molecule has 4 heteroatoms. The fourth-order valence-corrected chi connectivity index (χ4v) is 2.53. The molecule has 0 aliphatic rings. The molecule has 0 bridgehead atoms. The first-order valence-electron chi connectivity index (χ1n) is 5.49. The van der Waals surface area contributed by atoms with Gasteiger partial charge in [0.05, 0.1) is 16.8 Å². The van der Waals surface area contributed by atoms with Crippen LogP contribution < -0.4 is 0 Å². The Morgan fingerprint density at radius 1 is 1.50 bits per heavy atom. The summed E-state index contributed by atoms with van der Waals surface area (Å²) in [7, 11) is 0. The average Bonchev–Trinajstić information content (AvgIpc) is 2.75. The lowest BCUT2D eigenvalue weighted by atomic mass is 10.2. The Bertz CT molecular complexity index is 455. The molecule has 2 aromatic rings. The Hall–Kier alpha value is -0.970. The van der Waals surface area contributed by atoms with Gasteiger partial charge in [0.1, 0.15) is 0 Å². The van der Waals surface area contributed by atoms with Gasteiger partial charge in [0.25, 0.3) is 0 Å². The third-order valence-electron chi connectivity index (χ3n) is 2.63. The van der Waals surface area contributed by atoms with Crippen molar-refractivity contribution in [3.8, 4) is 0 Å². The number of hydrogen-bond donors (Lipinski definition) is 1. The minimum atomic E-state index is 0.211. The molecule has 0 saturated heterocycles. The summed E-state index contributed by atoms with van der Waals surface area (Å²) >= 11 is 1.72. The van der Waals surface area contributed by atoms with E-state index in [1.807, 2.05) is 12.3 Å². The highest BCUT2D eigenvalue weighted by Gasteiger charge is 2.04. The summed E-state index contributed by atoms with van der Waals surface area (Å²) in [5.74, 6) is 0. The van der Waals surface area contributed by atoms with Crippen LogP contribution in [0, 0.1) is 0 Å². The maximum atomic E-state index is 8.93. The molecule has 3 nitrogen and oxygen atoms in total. The Kier molecular flexibility index (Phi) is 3.88. The second kappa shape index (κ2) is 5.39. The smallest absolute Gasteiger partial charge is 0.0809 e. The van der Waals surface area contributed by atoms with Crippen LogP contribution >= 0.6 is 11.3 Å². The van der Waals surface area contributed by atoms with Gasteiger partial charge >= 0.3 is 0 Å². The number of fused-ring (bicyclic) bond motifs is 1. The van der Waals surface area contributed by atoms with Crippen molar-refractivity contribution in [3.05, 3.63) is 29.3 Å². The van der Waals surface area contributed by atoms with E-state index >= 15 is 0 Å². The highest BCUT2D eigenvalue weighted by Crippen LogP contribution is 2.20. The Morgan fingerprint density at radius 2 is 2.38 bits per heavy atom. The Balaban J connectivity index is 2.13. The predicted molar refractivity (Wildman–Crippen MR) is 67.7 cm³/mol. The van der Waals surface area contributed by atoms with Crippen LogP contribution in [0.4, 0.5) is 0 Å². The fourth-order valence-electron chi connectivity index (χ4n) is 1.72. The molecule has 2 heterocycles. The van der Waals surface area contributed by atoms with E-state index in [0.29, 0.717) is 0 Å². The van der Waals surface area contributed by atoms with Gasteiger partial charge in [0.15, 0.2) is 0 Å². The zero-order valence-corrected chi connectivity index (χ0v) is 10.2. The molecule has 0 fully saturated rings. The number of aromatic nitrogens is 1. The first-order valence-corrected chi connectivity index (χ1v) is 6.36. The van der Waals surface area contributed by atoms with E-state index in [2.05, 4.69) is 28.3 Å². The topological polar surface area (TPSA) is 36.4 Å². The molecule has 0 spiro atoms. The number of thiophene rings is 1. The molecule has 2 rings (SSSR count). The first-order chi connectivity index (χ1) is 7.83. The van der Waals surface area contributed by atoms with Gasteiger partial charge in [0, 0.05) is 19.3 Å². The van der Waals surface area contributed by atoms with Gasteiger partial charge < -0.3 is 5.11 Å². The van der Waals surface area contributed by atoms with E-state index in [-0.39, 0.29) is 6.61 Å². The van der Waals surface area contributed by atoms with Crippen LogP contribution in [0.5, 0.6) is 0 Å². The number of aliphatic hydroxyl groups is 1. The molecular weight excluding hydrogens is 220 g/mol. The SMILES string of the molecule is CCN(CCO)Cc1cnc2ccsc2c1. The maximum Gasteiger partial charge on any atom is 0.0809 e. The van der Waals surface area contributed by atoms with Crippen molar-refractivity contribution < 1.29 is 5.11 Å². The number of pyridine rings is 1. The zero-order valence-electron chi connectivity index (χ0n) is 9.39. The second-order valence-electron chi connectivity index (χ2n) is 3.74. The van der Waals surface area contributed by atoms with Crippen molar-refractivity contribution in [1.29, 1.82) is 0 Å². The third kappa shape index (κ3) is 2.58. The van der Waals surface area contributed by atoms with Crippen LogP contribution in [0.2, 0.25) is 0 Å². The molecule has 0 aliphatic carbocycles. The van der Waals surface area contributed by atoms with E-state index in [0.717, 1.165) is 25.2 Å². The molecule has 0 aliphatic heterocycles. The zero-order chi connectivity index (χ0) is 11.4. The molecule has 0 saturated carbocycles. The van der Waals surface area contributed by atoms with E-state index < -0.39 is 0 Å². The van der Waals surface area contributed by atoms with E-state index in [4.69, 9.17) is 5.11 Å². The number of rotatable bonds is 5. The summed E-state index contributed by atoms with van der Waals surface area (Å²) in [5.41, 5.74) is 2.28. The van der Waals surface area contributed by atoms with Gasteiger partial charge in [0.2, 0.25) is 0 Å². The monoisotopic (exact) mass is 236 g/mol. The third-order valence-corrected chi connectivity index (χ3v) is 3.48. The lowest BCUT2D eigenvalue weighted by Crippen LogP contribution is -2.26. The molecule has 1 N–H and O–H groups in total. The van der Waals surface area contributed by atoms with Gasteiger partial charge in [-0.3, -0.25) is 9.88 Å². The molecule has 0 amide bonds.